The number of rotatable bonds is 3. The maximum atomic E-state index is 13.8. The number of aromatic nitrogens is 2. The van der Waals surface area contributed by atoms with Crippen LogP contribution in [0, 0.1) is 5.82 Å². The van der Waals surface area contributed by atoms with Gasteiger partial charge in [0, 0.05) is 11.3 Å². The van der Waals surface area contributed by atoms with Gasteiger partial charge < -0.3 is 20.8 Å². The average Bonchev–Trinajstić information content (AvgIpc) is 3.15. The van der Waals surface area contributed by atoms with Crippen LogP contribution in [0.25, 0.3) is 22.2 Å². The summed E-state index contributed by atoms with van der Waals surface area (Å²) >= 11 is 0. The quantitative estimate of drug-likeness (QED) is 0.335. The van der Waals surface area contributed by atoms with Gasteiger partial charge in [-0.2, -0.15) is 13.2 Å². The molecule has 32 heavy (non-hydrogen) atoms. The van der Waals surface area contributed by atoms with Gasteiger partial charge >= 0.3 is 12.2 Å². The molecule has 0 aliphatic carbocycles. The van der Waals surface area contributed by atoms with E-state index in [4.69, 9.17) is 10.2 Å². The number of hydrogen-bond donors (Lipinski definition) is 3. The summed E-state index contributed by atoms with van der Waals surface area (Å²) in [5.74, 6) is -0.747. The van der Waals surface area contributed by atoms with Gasteiger partial charge in [0.05, 0.1) is 16.6 Å². The third-order valence-corrected chi connectivity index (χ3v) is 4.40. The van der Waals surface area contributed by atoms with Gasteiger partial charge in [-0.25, -0.2) is 19.2 Å². The molecule has 2 heterocycles. The van der Waals surface area contributed by atoms with Crippen LogP contribution < -0.4 is 16.4 Å². The molecule has 0 saturated carbocycles. The van der Waals surface area contributed by atoms with Crippen molar-refractivity contribution in [1.82, 2.24) is 9.97 Å². The monoisotopic (exact) mass is 467 g/mol. The number of nitrogen functional groups attached to an aromatic ring is 1. The van der Waals surface area contributed by atoms with Gasteiger partial charge in [0.25, 0.3) is 0 Å². The largest absolute Gasteiger partial charge is 0.445 e. The summed E-state index contributed by atoms with van der Waals surface area (Å²) in [5, 5.41) is 5.04. The molecule has 2 aromatic heterocycles. The summed E-state index contributed by atoms with van der Waals surface area (Å²) in [7, 11) is 0. The Morgan fingerprint density at radius 3 is 2.44 bits per heavy atom. The Morgan fingerprint density at radius 1 is 1.03 bits per heavy atom. The molecule has 166 valence electrons. The number of carbonyl (C=O) groups is 1. The molecule has 0 saturated heterocycles. The number of amides is 2. The third kappa shape index (κ3) is 4.57. The van der Waals surface area contributed by atoms with Crippen molar-refractivity contribution in [3.63, 3.8) is 0 Å². The van der Waals surface area contributed by atoms with Crippen molar-refractivity contribution < 1.29 is 26.8 Å². The number of benzene rings is 2. The van der Waals surface area contributed by atoms with E-state index in [1.807, 2.05) is 0 Å². The first-order valence-corrected chi connectivity index (χ1v) is 8.75. The lowest BCUT2D eigenvalue weighted by molar-refractivity contribution is -0.137. The summed E-state index contributed by atoms with van der Waals surface area (Å²) in [5.41, 5.74) is 6.21. The SMILES string of the molecule is Cl.Nc1ncnc2occ(-c3ccc(NC(=O)Nc4cc(C(F)(F)F)ccc4F)cc3)c12. The number of furan rings is 1. The van der Waals surface area contributed by atoms with E-state index in [-0.39, 0.29) is 18.2 Å². The Kier molecular flexibility index (Phi) is 6.21. The highest BCUT2D eigenvalue weighted by atomic mass is 35.5. The zero-order valence-corrected chi connectivity index (χ0v) is 16.7. The highest BCUT2D eigenvalue weighted by Crippen LogP contribution is 2.33. The van der Waals surface area contributed by atoms with Crippen molar-refractivity contribution in [2.24, 2.45) is 0 Å². The minimum Gasteiger partial charge on any atom is -0.445 e. The van der Waals surface area contributed by atoms with Crippen molar-refractivity contribution in [2.75, 3.05) is 16.4 Å². The Balaban J connectivity index is 0.00000289. The zero-order valence-electron chi connectivity index (χ0n) is 15.9. The molecule has 0 spiro atoms. The molecule has 0 aliphatic heterocycles. The number of carbonyl (C=O) groups excluding carboxylic acids is 1. The fraction of sp³-hybridized carbons (Fsp3) is 0.0500. The number of nitrogens with two attached hydrogens (primary N) is 1. The number of nitrogens with one attached hydrogen (secondary N) is 2. The summed E-state index contributed by atoms with van der Waals surface area (Å²) in [6.07, 6.45) is -1.91. The van der Waals surface area contributed by atoms with Gasteiger partial charge in [0.15, 0.2) is 0 Å². The number of fused-ring (bicyclic) bond motifs is 1. The van der Waals surface area contributed by atoms with Crippen LogP contribution in [0.5, 0.6) is 0 Å². The van der Waals surface area contributed by atoms with Crippen molar-refractivity contribution in [2.45, 2.75) is 6.18 Å². The van der Waals surface area contributed by atoms with Crippen LogP contribution in [0.4, 0.5) is 39.5 Å². The van der Waals surface area contributed by atoms with Crippen molar-refractivity contribution >= 4 is 46.7 Å². The molecule has 0 aliphatic rings. The Labute approximate surface area is 184 Å². The fourth-order valence-electron chi connectivity index (χ4n) is 2.93. The maximum Gasteiger partial charge on any atom is 0.416 e. The molecule has 7 nitrogen and oxygen atoms in total. The number of halogens is 5. The van der Waals surface area contributed by atoms with Crippen LogP contribution in [-0.2, 0) is 6.18 Å². The van der Waals surface area contributed by atoms with E-state index in [2.05, 4.69) is 20.6 Å². The lowest BCUT2D eigenvalue weighted by Crippen LogP contribution is -2.20. The standard InChI is InChI=1S/C20H13F4N5O2.ClH/c21-14-6-3-11(20(22,23)24)7-15(14)29-19(30)28-12-4-1-10(2-5-12)13-8-31-18-16(13)17(25)26-9-27-18;/h1-9H,(H2,25,26,27)(H2,28,29,30);1H. The number of hydrogen-bond acceptors (Lipinski definition) is 5. The molecule has 0 bridgehead atoms. The van der Waals surface area contributed by atoms with Gasteiger partial charge in [-0.05, 0) is 35.9 Å². The van der Waals surface area contributed by atoms with Gasteiger partial charge in [-0.1, -0.05) is 12.1 Å². The summed E-state index contributed by atoms with van der Waals surface area (Å²) in [6.45, 7) is 0. The molecule has 0 radical (unpaired) electrons. The van der Waals surface area contributed by atoms with E-state index in [0.29, 0.717) is 46.1 Å². The van der Waals surface area contributed by atoms with Crippen LogP contribution in [0.2, 0.25) is 0 Å². The second kappa shape index (κ2) is 8.71. The number of urea groups is 1. The third-order valence-electron chi connectivity index (χ3n) is 4.40. The smallest absolute Gasteiger partial charge is 0.416 e. The molecule has 0 unspecified atom stereocenters. The normalized spacial score (nSPS) is 11.1. The number of alkyl halides is 3. The Morgan fingerprint density at radius 2 is 1.75 bits per heavy atom. The van der Waals surface area contributed by atoms with Crippen LogP contribution in [-0.4, -0.2) is 16.0 Å². The summed E-state index contributed by atoms with van der Waals surface area (Å²) in [4.78, 5) is 20.0. The fourth-order valence-corrected chi connectivity index (χ4v) is 2.93. The number of nitrogens with zero attached hydrogens (tertiary/aromatic N) is 2. The van der Waals surface area contributed by atoms with Crippen molar-refractivity contribution in [3.8, 4) is 11.1 Å². The molecule has 4 N–H and O–H groups in total. The molecule has 4 aromatic rings. The molecular weight excluding hydrogens is 454 g/mol. The van der Waals surface area contributed by atoms with Gasteiger partial charge in [-0.3, -0.25) is 0 Å². The number of anilines is 3. The van der Waals surface area contributed by atoms with Gasteiger partial charge in [0.2, 0.25) is 5.71 Å². The first-order chi connectivity index (χ1) is 14.7. The molecular formula is C20H14ClF4N5O2. The van der Waals surface area contributed by atoms with Gasteiger partial charge in [-0.15, -0.1) is 12.4 Å². The Bertz CT molecular complexity index is 1280. The van der Waals surface area contributed by atoms with Crippen LogP contribution >= 0.6 is 12.4 Å². The van der Waals surface area contributed by atoms with E-state index in [0.717, 1.165) is 0 Å². The van der Waals surface area contributed by atoms with Crippen LogP contribution in [0.1, 0.15) is 5.56 Å². The van der Waals surface area contributed by atoms with Gasteiger partial charge in [0.1, 0.15) is 24.2 Å². The second-order valence-corrected chi connectivity index (χ2v) is 6.44. The molecule has 0 atom stereocenters. The van der Waals surface area contributed by atoms with Crippen molar-refractivity contribution in [3.05, 3.63) is 66.4 Å². The molecule has 0 fully saturated rings. The average molecular weight is 468 g/mol. The molecule has 4 rings (SSSR count). The predicted molar refractivity (Wildman–Crippen MR) is 113 cm³/mol. The molecule has 2 aromatic carbocycles. The van der Waals surface area contributed by atoms with Crippen molar-refractivity contribution in [1.29, 1.82) is 0 Å². The summed E-state index contributed by atoms with van der Waals surface area (Å²) in [6, 6.07) is 7.28. The first kappa shape index (κ1) is 22.8. The molecule has 12 heteroatoms. The van der Waals surface area contributed by atoms with E-state index < -0.39 is 29.3 Å². The molecule has 2 amide bonds. The highest BCUT2D eigenvalue weighted by Gasteiger charge is 2.31. The van der Waals surface area contributed by atoms with Crippen LogP contribution in [0.15, 0.2) is 59.5 Å². The topological polar surface area (TPSA) is 106 Å². The minimum absolute atomic E-state index is 0. The minimum atomic E-state index is -4.66. The lowest BCUT2D eigenvalue weighted by Gasteiger charge is -2.12. The van der Waals surface area contributed by atoms with E-state index in [1.165, 1.54) is 12.6 Å². The second-order valence-electron chi connectivity index (χ2n) is 6.44. The Hall–Kier alpha value is -3.86. The van der Waals surface area contributed by atoms with E-state index in [1.54, 1.807) is 24.3 Å². The summed E-state index contributed by atoms with van der Waals surface area (Å²) < 4.78 is 57.5. The highest BCUT2D eigenvalue weighted by molar-refractivity contribution is 6.01. The first-order valence-electron chi connectivity index (χ1n) is 8.75. The maximum absolute atomic E-state index is 13.8. The lowest BCUT2D eigenvalue weighted by atomic mass is 10.1. The predicted octanol–water partition coefficient (Wildman–Crippen LogP) is 5.70. The zero-order chi connectivity index (χ0) is 22.2. The van der Waals surface area contributed by atoms with E-state index in [9.17, 15) is 22.4 Å². The van der Waals surface area contributed by atoms with E-state index >= 15 is 0 Å². The van der Waals surface area contributed by atoms with Crippen LogP contribution in [0.3, 0.4) is 0 Å².